The van der Waals surface area contributed by atoms with E-state index in [1.807, 2.05) is 63.7 Å². The van der Waals surface area contributed by atoms with Gasteiger partial charge in [0.1, 0.15) is 5.75 Å². The number of nitrogens with zero attached hydrogens (tertiary/aromatic N) is 4. The van der Waals surface area contributed by atoms with Crippen LogP contribution >= 0.6 is 23.2 Å². The van der Waals surface area contributed by atoms with Crippen molar-refractivity contribution < 1.29 is 19.4 Å². The van der Waals surface area contributed by atoms with Crippen molar-refractivity contribution in [3.63, 3.8) is 0 Å². The molecule has 5 aromatic rings. The van der Waals surface area contributed by atoms with Gasteiger partial charge in [0.15, 0.2) is 0 Å². The minimum Gasteiger partial charge on any atom is -0.494 e. The molecule has 6 rings (SSSR count). The smallest absolute Gasteiger partial charge is 0.336 e. The minimum absolute atomic E-state index is 0.163. The molecule has 9 nitrogen and oxygen atoms in total. The number of carboxylic acids is 1. The number of alkyl halides is 1. The van der Waals surface area contributed by atoms with Crippen LogP contribution in [0.25, 0.3) is 22.6 Å². The van der Waals surface area contributed by atoms with Crippen LogP contribution in [0.4, 0.5) is 5.69 Å². The van der Waals surface area contributed by atoms with Crippen LogP contribution in [0.2, 0.25) is 5.02 Å². The third kappa shape index (κ3) is 6.87. The van der Waals surface area contributed by atoms with E-state index in [4.69, 9.17) is 27.9 Å². The number of halogens is 2. The largest absolute Gasteiger partial charge is 0.494 e. The lowest BCUT2D eigenvalue weighted by Crippen LogP contribution is -2.38. The second-order valence-electron chi connectivity index (χ2n) is 12.9. The quantitative estimate of drug-likeness (QED) is 0.0847. The minimum atomic E-state index is -1.03. The number of aromatic nitrogens is 4. The number of hydrogen-bond donors (Lipinski definition) is 2. The maximum absolute atomic E-state index is 12.4. The van der Waals surface area contributed by atoms with Gasteiger partial charge in [-0.25, -0.2) is 4.79 Å². The molecule has 1 amide bonds. The fourth-order valence-electron chi connectivity index (χ4n) is 7.07. The van der Waals surface area contributed by atoms with E-state index >= 15 is 0 Å². The number of carboxylic acid groups (broad SMARTS) is 1. The summed E-state index contributed by atoms with van der Waals surface area (Å²) in [7, 11) is 1.86. The zero-order valence-electron chi connectivity index (χ0n) is 28.4. The summed E-state index contributed by atoms with van der Waals surface area (Å²) in [6, 6.07) is 9.17. The summed E-state index contributed by atoms with van der Waals surface area (Å²) in [6.45, 7) is 9.62. The molecule has 0 saturated heterocycles. The van der Waals surface area contributed by atoms with Crippen molar-refractivity contribution >= 4 is 63.8 Å². The number of benzene rings is 2. The van der Waals surface area contributed by atoms with Crippen molar-refractivity contribution in [2.24, 2.45) is 7.05 Å². The lowest BCUT2D eigenvalue weighted by molar-refractivity contribution is -0.107. The highest BCUT2D eigenvalue weighted by atomic mass is 35.5. The maximum Gasteiger partial charge on any atom is 0.336 e. The first kappa shape index (κ1) is 34.4. The molecule has 0 saturated carbocycles. The van der Waals surface area contributed by atoms with Crippen LogP contribution in [-0.4, -0.2) is 55.3 Å². The normalized spacial score (nSPS) is 14.2. The van der Waals surface area contributed by atoms with Crippen LogP contribution in [-0.2, 0) is 24.8 Å². The molecule has 1 atom stereocenters. The number of rotatable bonds is 13. The molecule has 1 aliphatic carbocycles. The van der Waals surface area contributed by atoms with Crippen molar-refractivity contribution in [2.75, 3.05) is 18.1 Å². The number of carbonyl (C=O) groups excluding carboxylic acids is 1. The Morgan fingerprint density at radius 3 is 2.59 bits per heavy atom. The first-order chi connectivity index (χ1) is 23.5. The van der Waals surface area contributed by atoms with E-state index in [1.54, 1.807) is 17.0 Å². The van der Waals surface area contributed by atoms with E-state index in [0.717, 1.165) is 79.8 Å². The zero-order chi connectivity index (χ0) is 35.0. The van der Waals surface area contributed by atoms with Gasteiger partial charge in [-0.1, -0.05) is 17.7 Å². The number of hydrogen-bond acceptors (Lipinski definition) is 4. The van der Waals surface area contributed by atoms with Gasteiger partial charge in [0.05, 0.1) is 34.1 Å². The van der Waals surface area contributed by atoms with Crippen LogP contribution in [0, 0.1) is 27.7 Å². The summed E-state index contributed by atoms with van der Waals surface area (Å²) in [5.74, 6) is -0.213. The number of aryl methyl sites for hydroxylation is 7. The summed E-state index contributed by atoms with van der Waals surface area (Å²) >= 11 is 13.2. The Hall–Kier alpha value is -4.47. The van der Waals surface area contributed by atoms with Crippen molar-refractivity contribution in [1.29, 1.82) is 0 Å². The Labute approximate surface area is 295 Å². The predicted molar refractivity (Wildman–Crippen MR) is 196 cm³/mol. The molecular weight excluding hydrogens is 661 g/mol. The number of aromatic carboxylic acids is 1. The van der Waals surface area contributed by atoms with E-state index in [2.05, 4.69) is 27.0 Å². The predicted octanol–water partition coefficient (Wildman–Crippen LogP) is 6.34. The molecule has 49 heavy (non-hydrogen) atoms. The number of amides is 1. The third-order valence-corrected chi connectivity index (χ3v) is 10.3. The van der Waals surface area contributed by atoms with E-state index in [1.165, 1.54) is 5.56 Å². The van der Waals surface area contributed by atoms with Crippen molar-refractivity contribution in [2.45, 2.75) is 65.3 Å². The number of anilines is 1. The molecule has 0 spiro atoms. The van der Waals surface area contributed by atoms with Crippen LogP contribution in [0.3, 0.4) is 0 Å². The highest BCUT2D eigenvalue weighted by Crippen LogP contribution is 2.29. The molecule has 2 N–H and O–H groups in total. The van der Waals surface area contributed by atoms with Crippen LogP contribution in [0.5, 0.6) is 5.75 Å². The molecule has 3 heterocycles. The lowest BCUT2D eigenvalue weighted by atomic mass is 9.94. The van der Waals surface area contributed by atoms with E-state index in [-0.39, 0.29) is 10.9 Å². The summed E-state index contributed by atoms with van der Waals surface area (Å²) in [4.78, 5) is 26.0. The van der Waals surface area contributed by atoms with Crippen molar-refractivity contribution in [3.05, 3.63) is 97.5 Å². The first-order valence-corrected chi connectivity index (χ1v) is 17.3. The average Bonchev–Trinajstić information content (AvgIpc) is 3.73. The molecule has 1 aliphatic rings. The number of ether oxygens (including phenoxy) is 1. The molecule has 11 heteroatoms. The first-order valence-electron chi connectivity index (χ1n) is 16.5. The summed E-state index contributed by atoms with van der Waals surface area (Å²) in [5.41, 5.74) is 8.84. The Morgan fingerprint density at radius 1 is 1.16 bits per heavy atom. The summed E-state index contributed by atoms with van der Waals surface area (Å²) in [6.07, 6.45) is 9.89. The average molecular weight is 703 g/mol. The fourth-order valence-corrected chi connectivity index (χ4v) is 7.46. The van der Waals surface area contributed by atoms with Crippen LogP contribution < -0.4 is 20.2 Å². The van der Waals surface area contributed by atoms with Gasteiger partial charge in [-0.2, -0.15) is 5.10 Å². The van der Waals surface area contributed by atoms with Crippen molar-refractivity contribution in [3.8, 4) is 5.75 Å². The van der Waals surface area contributed by atoms with Crippen LogP contribution in [0.15, 0.2) is 42.7 Å². The molecule has 0 bridgehead atoms. The molecule has 1 unspecified atom stereocenters. The SMILES string of the molecule is Cc1cc(OCCCc2cn(CCCN(C=O)c3cc(C(=O)O)c4ccn(C)c4c3)c3c2=CC(Cl)CC=3c2c(C)n[nH]c2C)cc(C)c1Cl. The molecule has 0 fully saturated rings. The maximum atomic E-state index is 12.4. The van der Waals surface area contributed by atoms with Gasteiger partial charge in [0, 0.05) is 65.1 Å². The van der Waals surface area contributed by atoms with E-state index in [0.29, 0.717) is 43.6 Å². The number of fused-ring (bicyclic) bond motifs is 2. The Morgan fingerprint density at radius 2 is 1.92 bits per heavy atom. The molecule has 256 valence electrons. The summed E-state index contributed by atoms with van der Waals surface area (Å²) in [5, 5.41) is 21.0. The highest BCUT2D eigenvalue weighted by Gasteiger charge is 2.23. The van der Waals surface area contributed by atoms with Gasteiger partial charge in [0.2, 0.25) is 6.41 Å². The lowest BCUT2D eigenvalue weighted by Gasteiger charge is -2.20. The number of nitrogens with one attached hydrogen (secondary N) is 1. The summed E-state index contributed by atoms with van der Waals surface area (Å²) < 4.78 is 10.3. The van der Waals surface area contributed by atoms with Gasteiger partial charge in [0.25, 0.3) is 0 Å². The second kappa shape index (κ2) is 14.2. The molecule has 0 radical (unpaired) electrons. The van der Waals surface area contributed by atoms with Gasteiger partial charge in [-0.05, 0) is 106 Å². The number of aromatic amines is 1. The van der Waals surface area contributed by atoms with Crippen molar-refractivity contribution in [1.82, 2.24) is 19.3 Å². The molecule has 0 aliphatic heterocycles. The van der Waals surface area contributed by atoms with Gasteiger partial charge < -0.3 is 23.9 Å². The van der Waals surface area contributed by atoms with Crippen LogP contribution in [0.1, 0.15) is 63.3 Å². The molecule has 3 aromatic heterocycles. The number of H-pyrrole nitrogens is 1. The molecular formula is C38H41Cl2N5O4. The van der Waals surface area contributed by atoms with Gasteiger partial charge in [-0.3, -0.25) is 9.89 Å². The van der Waals surface area contributed by atoms with E-state index in [9.17, 15) is 14.7 Å². The Balaban J connectivity index is 1.29. The Kier molecular flexibility index (Phi) is 9.95. The standard InChI is InChI=1S/C38H41Cl2N5O4/c1-22-14-29(15-23(2)36(22)40)49-13-6-8-26-20-44(37-31(26)16-27(39)17-33(37)35-24(3)41-42-25(35)4)10-7-11-45(21-46)28-18-32(38(47)48)30-9-12-43(5)34(30)19-28/h9,12,14-16,18-21,27H,6-8,10-11,13,17H2,1-5H3,(H,41,42)(H,47,48). The molecule has 2 aromatic carbocycles. The highest BCUT2D eigenvalue weighted by molar-refractivity contribution is 6.32. The number of carbonyl (C=O) groups is 2. The van der Waals surface area contributed by atoms with Gasteiger partial charge >= 0.3 is 5.97 Å². The second-order valence-corrected chi connectivity index (χ2v) is 13.9. The van der Waals surface area contributed by atoms with Gasteiger partial charge in [-0.15, -0.1) is 11.6 Å². The Bertz CT molecular complexity index is 2150. The fraction of sp³-hybridized carbons (Fsp3) is 0.342. The topological polar surface area (TPSA) is 105 Å². The third-order valence-electron chi connectivity index (χ3n) is 9.41. The zero-order valence-corrected chi connectivity index (χ0v) is 30.0. The van der Waals surface area contributed by atoms with E-state index < -0.39 is 5.97 Å². The monoisotopic (exact) mass is 701 g/mol.